The molecule has 4 nitrogen and oxygen atoms in total. The van der Waals surface area contributed by atoms with E-state index in [1.165, 1.54) is 0 Å². The second-order valence-electron chi connectivity index (χ2n) is 8.08. The summed E-state index contributed by atoms with van der Waals surface area (Å²) in [7, 11) is 0. The van der Waals surface area contributed by atoms with Crippen molar-refractivity contribution in [1.29, 1.82) is 0 Å². The van der Waals surface area contributed by atoms with Crippen LogP contribution in [-0.4, -0.2) is 29.1 Å². The molecule has 1 saturated heterocycles. The number of carbonyl (C=O) groups excluding carboxylic acids is 1. The Kier molecular flexibility index (Phi) is 5.04. The SMILES string of the molecule is Cc1cccc(OC(C)C(=O)NC2CC(C)(C)NC(C)(C)C2)c1. The van der Waals surface area contributed by atoms with Crippen LogP contribution in [0.5, 0.6) is 5.75 Å². The number of hydrogen-bond acceptors (Lipinski definition) is 3. The molecular formula is C19H30N2O2. The maximum absolute atomic E-state index is 12.5. The molecule has 1 aromatic carbocycles. The predicted octanol–water partition coefficient (Wildman–Crippen LogP) is 3.19. The number of piperidine rings is 1. The van der Waals surface area contributed by atoms with E-state index in [0.717, 1.165) is 24.2 Å². The number of benzene rings is 1. The lowest BCUT2D eigenvalue weighted by Crippen LogP contribution is -2.62. The second-order valence-corrected chi connectivity index (χ2v) is 8.08. The third kappa shape index (κ3) is 5.24. The Bertz CT molecular complexity index is 550. The van der Waals surface area contributed by atoms with Gasteiger partial charge >= 0.3 is 0 Å². The van der Waals surface area contributed by atoms with Gasteiger partial charge in [0.05, 0.1) is 0 Å². The molecule has 0 aliphatic carbocycles. The summed E-state index contributed by atoms with van der Waals surface area (Å²) in [5.74, 6) is 0.684. The van der Waals surface area contributed by atoms with Gasteiger partial charge in [0.25, 0.3) is 5.91 Å². The van der Waals surface area contributed by atoms with Crippen molar-refractivity contribution in [2.24, 2.45) is 0 Å². The van der Waals surface area contributed by atoms with Gasteiger partial charge in [0, 0.05) is 17.1 Å². The van der Waals surface area contributed by atoms with E-state index < -0.39 is 6.10 Å². The van der Waals surface area contributed by atoms with Gasteiger partial charge in [-0.25, -0.2) is 0 Å². The Morgan fingerprint density at radius 3 is 2.43 bits per heavy atom. The highest BCUT2D eigenvalue weighted by Gasteiger charge is 2.38. The third-order valence-corrected chi connectivity index (χ3v) is 4.21. The van der Waals surface area contributed by atoms with Crippen LogP contribution in [0.3, 0.4) is 0 Å². The van der Waals surface area contributed by atoms with Gasteiger partial charge in [0.2, 0.25) is 0 Å². The number of amides is 1. The van der Waals surface area contributed by atoms with Crippen LogP contribution in [0.4, 0.5) is 0 Å². The molecule has 0 spiro atoms. The molecule has 1 aromatic rings. The van der Waals surface area contributed by atoms with E-state index >= 15 is 0 Å². The lowest BCUT2D eigenvalue weighted by atomic mass is 9.79. The Hall–Kier alpha value is -1.55. The molecule has 1 fully saturated rings. The first-order chi connectivity index (χ1) is 10.6. The standard InChI is InChI=1S/C19H30N2O2/c1-13-8-7-9-16(10-13)23-14(2)17(22)20-15-11-18(3,4)21-19(5,6)12-15/h7-10,14-15,21H,11-12H2,1-6H3,(H,20,22). The molecule has 2 N–H and O–H groups in total. The van der Waals surface area contributed by atoms with Gasteiger partial charge in [0.1, 0.15) is 5.75 Å². The van der Waals surface area contributed by atoms with Gasteiger partial charge in [-0.05, 0) is 72.1 Å². The minimum absolute atomic E-state index is 0.0142. The molecule has 23 heavy (non-hydrogen) atoms. The molecule has 1 aliphatic rings. The number of aryl methyl sites for hydroxylation is 1. The molecule has 0 aromatic heterocycles. The zero-order valence-electron chi connectivity index (χ0n) is 15.2. The van der Waals surface area contributed by atoms with Crippen molar-refractivity contribution < 1.29 is 9.53 Å². The topological polar surface area (TPSA) is 50.4 Å². The van der Waals surface area contributed by atoms with E-state index in [4.69, 9.17) is 4.74 Å². The van der Waals surface area contributed by atoms with Crippen LogP contribution in [0, 0.1) is 6.92 Å². The van der Waals surface area contributed by atoms with Crippen LogP contribution in [0.25, 0.3) is 0 Å². The number of carbonyl (C=O) groups is 1. The molecule has 2 rings (SSSR count). The Labute approximate surface area is 140 Å². The van der Waals surface area contributed by atoms with Crippen molar-refractivity contribution >= 4 is 5.91 Å². The molecule has 1 aliphatic heterocycles. The fourth-order valence-corrected chi connectivity index (χ4v) is 3.69. The lowest BCUT2D eigenvalue weighted by Gasteiger charge is -2.46. The van der Waals surface area contributed by atoms with Gasteiger partial charge in [-0.2, -0.15) is 0 Å². The van der Waals surface area contributed by atoms with Gasteiger partial charge in [0.15, 0.2) is 6.10 Å². The normalized spacial score (nSPS) is 21.5. The van der Waals surface area contributed by atoms with E-state index in [-0.39, 0.29) is 23.0 Å². The highest BCUT2D eigenvalue weighted by Crippen LogP contribution is 2.28. The first-order valence-electron chi connectivity index (χ1n) is 8.39. The number of rotatable bonds is 4. The van der Waals surface area contributed by atoms with Crippen molar-refractivity contribution in [3.05, 3.63) is 29.8 Å². The summed E-state index contributed by atoms with van der Waals surface area (Å²) in [6.07, 6.45) is 1.33. The van der Waals surface area contributed by atoms with Gasteiger partial charge < -0.3 is 15.4 Å². The summed E-state index contributed by atoms with van der Waals surface area (Å²) in [5, 5.41) is 6.79. The molecule has 1 atom stereocenters. The van der Waals surface area contributed by atoms with Crippen molar-refractivity contribution in [3.8, 4) is 5.75 Å². The molecule has 0 radical (unpaired) electrons. The molecule has 1 heterocycles. The largest absolute Gasteiger partial charge is 0.481 e. The fraction of sp³-hybridized carbons (Fsp3) is 0.632. The zero-order chi connectivity index (χ0) is 17.3. The van der Waals surface area contributed by atoms with E-state index in [9.17, 15) is 4.79 Å². The average Bonchev–Trinajstić information content (AvgIpc) is 2.34. The minimum Gasteiger partial charge on any atom is -0.481 e. The number of hydrogen-bond donors (Lipinski definition) is 2. The Morgan fingerprint density at radius 2 is 1.87 bits per heavy atom. The summed E-state index contributed by atoms with van der Waals surface area (Å²) in [4.78, 5) is 12.5. The minimum atomic E-state index is -0.502. The Morgan fingerprint density at radius 1 is 1.26 bits per heavy atom. The van der Waals surface area contributed by atoms with Gasteiger partial charge in [-0.15, -0.1) is 0 Å². The Balaban J connectivity index is 1.95. The third-order valence-electron chi connectivity index (χ3n) is 4.21. The van der Waals surface area contributed by atoms with E-state index in [2.05, 4.69) is 38.3 Å². The smallest absolute Gasteiger partial charge is 0.260 e. The van der Waals surface area contributed by atoms with E-state index in [1.54, 1.807) is 6.92 Å². The fourth-order valence-electron chi connectivity index (χ4n) is 3.69. The zero-order valence-corrected chi connectivity index (χ0v) is 15.2. The molecule has 0 saturated carbocycles. The molecule has 1 unspecified atom stereocenters. The number of ether oxygens (including phenoxy) is 1. The molecule has 1 amide bonds. The van der Waals surface area contributed by atoms with Crippen molar-refractivity contribution in [2.75, 3.05) is 0 Å². The average molecular weight is 318 g/mol. The maximum Gasteiger partial charge on any atom is 0.260 e. The highest BCUT2D eigenvalue weighted by atomic mass is 16.5. The lowest BCUT2D eigenvalue weighted by molar-refractivity contribution is -0.128. The second kappa shape index (κ2) is 6.52. The van der Waals surface area contributed by atoms with Crippen molar-refractivity contribution in [3.63, 3.8) is 0 Å². The van der Waals surface area contributed by atoms with Crippen molar-refractivity contribution in [1.82, 2.24) is 10.6 Å². The maximum atomic E-state index is 12.5. The highest BCUT2D eigenvalue weighted by molar-refractivity contribution is 5.81. The molecular weight excluding hydrogens is 288 g/mol. The summed E-state index contributed by atoms with van der Waals surface area (Å²) >= 11 is 0. The molecule has 0 bridgehead atoms. The summed E-state index contributed by atoms with van der Waals surface area (Å²) in [5.41, 5.74) is 1.15. The van der Waals surface area contributed by atoms with Gasteiger partial charge in [-0.1, -0.05) is 12.1 Å². The van der Waals surface area contributed by atoms with Crippen LogP contribution in [0.15, 0.2) is 24.3 Å². The van der Waals surface area contributed by atoms with Crippen LogP contribution in [0.2, 0.25) is 0 Å². The van der Waals surface area contributed by atoms with Crippen LogP contribution < -0.4 is 15.4 Å². The predicted molar refractivity (Wildman–Crippen MR) is 93.7 cm³/mol. The quantitative estimate of drug-likeness (QED) is 0.896. The van der Waals surface area contributed by atoms with Gasteiger partial charge in [-0.3, -0.25) is 4.79 Å². The van der Waals surface area contributed by atoms with E-state index in [1.807, 2.05) is 31.2 Å². The van der Waals surface area contributed by atoms with Crippen LogP contribution >= 0.6 is 0 Å². The molecule has 4 heteroatoms. The monoisotopic (exact) mass is 318 g/mol. The van der Waals surface area contributed by atoms with E-state index in [0.29, 0.717) is 0 Å². The summed E-state index contributed by atoms with van der Waals surface area (Å²) < 4.78 is 5.77. The molecule has 128 valence electrons. The van der Waals surface area contributed by atoms with Crippen molar-refractivity contribution in [2.45, 2.75) is 77.6 Å². The first-order valence-corrected chi connectivity index (χ1v) is 8.39. The first kappa shape index (κ1) is 17.8. The van der Waals surface area contributed by atoms with Crippen LogP contribution in [0.1, 0.15) is 53.0 Å². The van der Waals surface area contributed by atoms with Crippen LogP contribution in [-0.2, 0) is 4.79 Å². The summed E-state index contributed by atoms with van der Waals surface area (Å²) in [6.45, 7) is 12.5. The summed E-state index contributed by atoms with van der Waals surface area (Å²) in [6, 6.07) is 7.94. The number of nitrogens with one attached hydrogen (secondary N) is 2.